The molecule has 0 aliphatic rings. The highest BCUT2D eigenvalue weighted by atomic mass is 16.2. The fourth-order valence-electron chi connectivity index (χ4n) is 2.76. The van der Waals surface area contributed by atoms with E-state index in [9.17, 15) is 9.59 Å². The Morgan fingerprint density at radius 3 is 2.08 bits per heavy atom. The van der Waals surface area contributed by atoms with Gasteiger partial charge in [-0.25, -0.2) is 0 Å². The van der Waals surface area contributed by atoms with Gasteiger partial charge in [0.15, 0.2) is 0 Å². The van der Waals surface area contributed by atoms with Crippen LogP contribution in [0.1, 0.15) is 31.8 Å². The molecule has 128 valence electrons. The Morgan fingerprint density at radius 1 is 0.769 bits per heavy atom. The Bertz CT molecular complexity index is 981. The van der Waals surface area contributed by atoms with Crippen LogP contribution in [0.25, 0.3) is 23.4 Å². The van der Waals surface area contributed by atoms with E-state index in [0.717, 1.165) is 5.56 Å². The van der Waals surface area contributed by atoms with Gasteiger partial charge >= 0.3 is 0 Å². The summed E-state index contributed by atoms with van der Waals surface area (Å²) >= 11 is 0. The number of nitrogens with zero attached hydrogens (tertiary/aromatic N) is 1. The largest absolute Gasteiger partial charge is 0.366 e. The normalized spacial score (nSPS) is 10.8. The fraction of sp³-hybridized carbons (Fsp3) is 0. The molecule has 2 amide bonds. The molecular weight excluding hydrogens is 326 g/mol. The second kappa shape index (κ2) is 7.44. The van der Waals surface area contributed by atoms with Gasteiger partial charge in [-0.2, -0.15) is 0 Å². The lowest BCUT2D eigenvalue weighted by molar-refractivity contribution is 0.0967. The van der Waals surface area contributed by atoms with Crippen LogP contribution in [0.3, 0.4) is 0 Å². The third-order valence-corrected chi connectivity index (χ3v) is 3.93. The Balaban J connectivity index is 2.18. The van der Waals surface area contributed by atoms with Gasteiger partial charge in [0.1, 0.15) is 0 Å². The summed E-state index contributed by atoms with van der Waals surface area (Å²) in [6.07, 6.45) is 5.18. The van der Waals surface area contributed by atoms with E-state index in [1.165, 1.54) is 0 Å². The molecule has 0 unspecified atom stereocenters. The first-order valence-corrected chi connectivity index (χ1v) is 7.99. The Labute approximate surface area is 151 Å². The summed E-state index contributed by atoms with van der Waals surface area (Å²) in [7, 11) is 0. The number of rotatable bonds is 5. The molecule has 3 aromatic rings. The molecule has 0 saturated heterocycles. The van der Waals surface area contributed by atoms with Crippen LogP contribution in [0.2, 0.25) is 0 Å². The minimum Gasteiger partial charge on any atom is -0.366 e. The smallest absolute Gasteiger partial charge is 0.250 e. The summed E-state index contributed by atoms with van der Waals surface area (Å²) in [4.78, 5) is 28.4. The summed E-state index contributed by atoms with van der Waals surface area (Å²) in [5.41, 5.74) is 13.8. The predicted octanol–water partition coefficient (Wildman–Crippen LogP) is 3.12. The topological polar surface area (TPSA) is 99.1 Å². The first-order chi connectivity index (χ1) is 12.6. The van der Waals surface area contributed by atoms with E-state index < -0.39 is 11.8 Å². The summed E-state index contributed by atoms with van der Waals surface area (Å²) < 4.78 is 0. The van der Waals surface area contributed by atoms with E-state index in [0.29, 0.717) is 16.8 Å². The van der Waals surface area contributed by atoms with Crippen LogP contribution in [0.15, 0.2) is 66.9 Å². The Kier molecular flexibility index (Phi) is 4.90. The highest BCUT2D eigenvalue weighted by Gasteiger charge is 2.21. The van der Waals surface area contributed by atoms with Gasteiger partial charge in [0.05, 0.1) is 16.8 Å². The van der Waals surface area contributed by atoms with E-state index in [4.69, 9.17) is 11.5 Å². The monoisotopic (exact) mass is 343 g/mol. The van der Waals surface area contributed by atoms with Crippen LogP contribution < -0.4 is 11.5 Å². The molecule has 1 aromatic heterocycles. The number of aromatic nitrogens is 1. The second-order valence-corrected chi connectivity index (χ2v) is 5.64. The van der Waals surface area contributed by atoms with E-state index >= 15 is 0 Å². The van der Waals surface area contributed by atoms with Gasteiger partial charge in [0.25, 0.3) is 0 Å². The molecule has 0 fully saturated rings. The van der Waals surface area contributed by atoms with Crippen LogP contribution in [-0.4, -0.2) is 16.8 Å². The minimum absolute atomic E-state index is 0.0754. The number of nitrogens with two attached hydrogens (primary N) is 2. The van der Waals surface area contributed by atoms with Crippen molar-refractivity contribution in [3.63, 3.8) is 0 Å². The van der Waals surface area contributed by atoms with Crippen molar-refractivity contribution in [2.75, 3.05) is 0 Å². The van der Waals surface area contributed by atoms with Gasteiger partial charge in [-0.15, -0.1) is 0 Å². The molecule has 4 N–H and O–H groups in total. The molecule has 0 saturated carbocycles. The second-order valence-electron chi connectivity index (χ2n) is 5.64. The third kappa shape index (κ3) is 3.52. The molecule has 0 aliphatic carbocycles. The lowest BCUT2D eigenvalue weighted by atomic mass is 9.92. The average molecular weight is 343 g/mol. The first-order valence-electron chi connectivity index (χ1n) is 7.99. The van der Waals surface area contributed by atoms with Crippen LogP contribution in [0.5, 0.6) is 0 Å². The van der Waals surface area contributed by atoms with Gasteiger partial charge in [-0.05, 0) is 23.3 Å². The number of amides is 2. The van der Waals surface area contributed by atoms with Crippen molar-refractivity contribution in [1.82, 2.24) is 4.98 Å². The van der Waals surface area contributed by atoms with Crippen molar-refractivity contribution in [2.45, 2.75) is 0 Å². The summed E-state index contributed by atoms with van der Waals surface area (Å²) in [6.45, 7) is 0. The highest BCUT2D eigenvalue weighted by Crippen LogP contribution is 2.28. The average Bonchev–Trinajstić information content (AvgIpc) is 2.66. The molecule has 5 heteroatoms. The van der Waals surface area contributed by atoms with E-state index in [1.807, 2.05) is 36.4 Å². The molecule has 0 spiro atoms. The van der Waals surface area contributed by atoms with Gasteiger partial charge in [0.2, 0.25) is 11.8 Å². The molecule has 2 aromatic carbocycles. The molecule has 1 heterocycles. The van der Waals surface area contributed by atoms with Crippen LogP contribution in [-0.2, 0) is 0 Å². The minimum atomic E-state index is -0.727. The van der Waals surface area contributed by atoms with Gasteiger partial charge in [-0.3, -0.25) is 14.6 Å². The lowest BCUT2D eigenvalue weighted by Crippen LogP contribution is -2.23. The Hall–Kier alpha value is -3.73. The number of carbonyl (C=O) groups is 2. The van der Waals surface area contributed by atoms with Gasteiger partial charge in [-0.1, -0.05) is 60.7 Å². The molecule has 5 nitrogen and oxygen atoms in total. The van der Waals surface area contributed by atoms with Crippen molar-refractivity contribution < 1.29 is 9.59 Å². The molecule has 0 aliphatic heterocycles. The maximum atomic E-state index is 12.1. The van der Waals surface area contributed by atoms with Crippen molar-refractivity contribution in [3.05, 3.63) is 89.1 Å². The first kappa shape index (κ1) is 17.1. The fourth-order valence-corrected chi connectivity index (χ4v) is 2.76. The van der Waals surface area contributed by atoms with Crippen molar-refractivity contribution in [1.29, 1.82) is 0 Å². The number of benzene rings is 2. The quantitative estimate of drug-likeness (QED) is 0.696. The zero-order valence-electron chi connectivity index (χ0n) is 13.9. The van der Waals surface area contributed by atoms with Crippen LogP contribution in [0.4, 0.5) is 0 Å². The number of pyridine rings is 1. The van der Waals surface area contributed by atoms with Crippen molar-refractivity contribution >= 4 is 24.0 Å². The molecule has 0 bridgehead atoms. The zero-order valence-corrected chi connectivity index (χ0v) is 13.9. The maximum absolute atomic E-state index is 12.1. The third-order valence-electron chi connectivity index (χ3n) is 3.93. The summed E-state index contributed by atoms with van der Waals surface area (Å²) in [5, 5.41) is 0. The van der Waals surface area contributed by atoms with E-state index in [-0.39, 0.29) is 11.1 Å². The van der Waals surface area contributed by atoms with Crippen LogP contribution >= 0.6 is 0 Å². The SMILES string of the molecule is NC(=O)c1c(C=Cc2ccccc2)ccc(-c2ccccn2)c1C(N)=O. The number of carbonyl (C=O) groups excluding carboxylic acids is 2. The summed E-state index contributed by atoms with van der Waals surface area (Å²) in [5.74, 6) is -1.45. The van der Waals surface area contributed by atoms with Crippen LogP contribution in [0, 0.1) is 0 Å². The van der Waals surface area contributed by atoms with E-state index in [2.05, 4.69) is 4.98 Å². The van der Waals surface area contributed by atoms with Crippen molar-refractivity contribution in [3.8, 4) is 11.3 Å². The lowest BCUT2D eigenvalue weighted by Gasteiger charge is -2.13. The van der Waals surface area contributed by atoms with Crippen molar-refractivity contribution in [2.24, 2.45) is 11.5 Å². The highest BCUT2D eigenvalue weighted by molar-refractivity contribution is 6.12. The number of hydrogen-bond acceptors (Lipinski definition) is 3. The Morgan fingerprint density at radius 2 is 1.46 bits per heavy atom. The summed E-state index contributed by atoms with van der Waals surface area (Å²) in [6, 6.07) is 18.3. The maximum Gasteiger partial charge on any atom is 0.250 e. The molecule has 3 rings (SSSR count). The number of hydrogen-bond donors (Lipinski definition) is 2. The molecule has 0 radical (unpaired) electrons. The zero-order chi connectivity index (χ0) is 18.5. The van der Waals surface area contributed by atoms with Gasteiger partial charge < -0.3 is 11.5 Å². The standard InChI is InChI=1S/C21H17N3O2/c22-20(25)18-15(10-9-14-6-2-1-3-7-14)11-12-16(19(18)21(23)26)17-8-4-5-13-24-17/h1-13H,(H2,22,25)(H2,23,26). The molecular formula is C21H17N3O2. The number of primary amides is 2. The molecule has 26 heavy (non-hydrogen) atoms. The predicted molar refractivity (Wildman–Crippen MR) is 102 cm³/mol. The molecule has 0 atom stereocenters. The van der Waals surface area contributed by atoms with E-state index in [1.54, 1.807) is 42.6 Å². The van der Waals surface area contributed by atoms with Gasteiger partial charge in [0, 0.05) is 11.8 Å².